The Kier molecular flexibility index (Phi) is 2.19. The quantitative estimate of drug-likeness (QED) is 0.724. The zero-order valence-electron chi connectivity index (χ0n) is 9.42. The minimum atomic E-state index is 0.263. The lowest BCUT2D eigenvalue weighted by Gasteiger charge is -1.98. The second-order valence-corrected chi connectivity index (χ2v) is 3.92. The summed E-state index contributed by atoms with van der Waals surface area (Å²) in [6.45, 7) is 0.263. The highest BCUT2D eigenvalue weighted by atomic mass is 16.5. The molecule has 2 heterocycles. The predicted molar refractivity (Wildman–Crippen MR) is 64.1 cm³/mol. The second-order valence-electron chi connectivity index (χ2n) is 3.92. The number of aryl methyl sites for hydroxylation is 1. The van der Waals surface area contributed by atoms with E-state index in [4.69, 9.17) is 10.3 Å². The average molecular weight is 228 g/mol. The van der Waals surface area contributed by atoms with Crippen molar-refractivity contribution in [2.45, 2.75) is 6.54 Å². The fraction of sp³-hybridized carbons (Fsp3) is 0.167. The molecule has 0 saturated heterocycles. The molecule has 0 atom stereocenters. The average Bonchev–Trinajstić information content (AvgIpc) is 2.96. The molecule has 0 aliphatic carbocycles. The summed E-state index contributed by atoms with van der Waals surface area (Å²) < 4.78 is 7.06. The molecule has 0 spiro atoms. The van der Waals surface area contributed by atoms with Gasteiger partial charge in [-0.3, -0.25) is 0 Å². The minimum absolute atomic E-state index is 0.263. The van der Waals surface area contributed by atoms with Gasteiger partial charge < -0.3 is 14.8 Å². The van der Waals surface area contributed by atoms with Gasteiger partial charge >= 0.3 is 0 Å². The Morgan fingerprint density at radius 1 is 1.35 bits per heavy atom. The molecule has 0 unspecified atom stereocenters. The van der Waals surface area contributed by atoms with E-state index < -0.39 is 0 Å². The minimum Gasteiger partial charge on any atom is -0.351 e. The van der Waals surface area contributed by atoms with Gasteiger partial charge in [0.05, 0.1) is 6.54 Å². The van der Waals surface area contributed by atoms with Gasteiger partial charge in [-0.15, -0.1) is 0 Å². The molecule has 0 bridgehead atoms. The second kappa shape index (κ2) is 3.71. The summed E-state index contributed by atoms with van der Waals surface area (Å²) in [7, 11) is 2.01. The molecule has 0 aliphatic rings. The van der Waals surface area contributed by atoms with Crippen LogP contribution in [0.5, 0.6) is 0 Å². The molecule has 86 valence electrons. The molecule has 5 heteroatoms. The molecule has 0 aliphatic heterocycles. The van der Waals surface area contributed by atoms with E-state index in [1.165, 1.54) is 5.39 Å². The van der Waals surface area contributed by atoms with Crippen LogP contribution in [0.15, 0.2) is 35.0 Å². The van der Waals surface area contributed by atoms with Gasteiger partial charge in [0.25, 0.3) is 0 Å². The summed E-state index contributed by atoms with van der Waals surface area (Å²) in [5.41, 5.74) is 7.51. The van der Waals surface area contributed by atoms with Crippen LogP contribution in [0.1, 0.15) is 5.89 Å². The van der Waals surface area contributed by atoms with Gasteiger partial charge in [-0.05, 0) is 17.5 Å². The molecule has 2 N–H and O–H groups in total. The van der Waals surface area contributed by atoms with E-state index >= 15 is 0 Å². The summed E-state index contributed by atoms with van der Waals surface area (Å²) >= 11 is 0. The van der Waals surface area contributed by atoms with Gasteiger partial charge in [-0.2, -0.15) is 4.98 Å². The highest BCUT2D eigenvalue weighted by molar-refractivity contribution is 5.84. The molecular weight excluding hydrogens is 216 g/mol. The lowest BCUT2D eigenvalue weighted by atomic mass is 10.1. The summed E-state index contributed by atoms with van der Waals surface area (Å²) in [6.07, 6.45) is 2.02. The molecule has 3 aromatic rings. The van der Waals surface area contributed by atoms with Crippen LogP contribution in [-0.4, -0.2) is 14.7 Å². The Bertz CT molecular complexity index is 668. The Labute approximate surface area is 97.8 Å². The monoisotopic (exact) mass is 228 g/mol. The van der Waals surface area contributed by atoms with E-state index in [0.717, 1.165) is 11.1 Å². The van der Waals surface area contributed by atoms with Gasteiger partial charge in [0.15, 0.2) is 0 Å². The van der Waals surface area contributed by atoms with Crippen LogP contribution in [0.2, 0.25) is 0 Å². The van der Waals surface area contributed by atoms with Crippen molar-refractivity contribution >= 4 is 10.9 Å². The fourth-order valence-electron chi connectivity index (χ4n) is 1.86. The Morgan fingerprint density at radius 2 is 2.24 bits per heavy atom. The maximum Gasteiger partial charge on any atom is 0.240 e. The summed E-state index contributed by atoms with van der Waals surface area (Å²) in [5, 5.41) is 5.10. The van der Waals surface area contributed by atoms with Crippen LogP contribution in [0, 0.1) is 0 Å². The lowest BCUT2D eigenvalue weighted by molar-refractivity contribution is 0.380. The lowest BCUT2D eigenvalue weighted by Crippen LogP contribution is -1.95. The van der Waals surface area contributed by atoms with Gasteiger partial charge in [0.2, 0.25) is 11.7 Å². The Morgan fingerprint density at radius 3 is 3.00 bits per heavy atom. The number of hydrogen-bond donors (Lipinski definition) is 1. The molecule has 3 rings (SSSR count). The topological polar surface area (TPSA) is 69.9 Å². The summed E-state index contributed by atoms with van der Waals surface area (Å²) in [5.74, 6) is 1.03. The molecule has 0 radical (unpaired) electrons. The molecule has 17 heavy (non-hydrogen) atoms. The van der Waals surface area contributed by atoms with Crippen LogP contribution in [0.25, 0.3) is 22.3 Å². The molecule has 1 aromatic carbocycles. The molecule has 0 fully saturated rings. The zero-order valence-corrected chi connectivity index (χ0v) is 9.42. The van der Waals surface area contributed by atoms with Crippen molar-refractivity contribution in [1.29, 1.82) is 0 Å². The van der Waals surface area contributed by atoms with Gasteiger partial charge in [0, 0.05) is 24.3 Å². The Hall–Kier alpha value is -2.14. The van der Waals surface area contributed by atoms with Crippen LogP contribution < -0.4 is 5.73 Å². The number of rotatable bonds is 2. The highest BCUT2D eigenvalue weighted by Crippen LogP contribution is 2.22. The number of hydrogen-bond acceptors (Lipinski definition) is 4. The van der Waals surface area contributed by atoms with Crippen molar-refractivity contribution in [2.75, 3.05) is 0 Å². The maximum absolute atomic E-state index is 5.44. The van der Waals surface area contributed by atoms with Crippen LogP contribution in [0.4, 0.5) is 0 Å². The third-order valence-electron chi connectivity index (χ3n) is 2.79. The summed E-state index contributed by atoms with van der Waals surface area (Å²) in [4.78, 5) is 4.21. The number of nitrogens with two attached hydrogens (primary N) is 1. The molecule has 0 amide bonds. The van der Waals surface area contributed by atoms with Crippen molar-refractivity contribution in [3.05, 3.63) is 36.4 Å². The Balaban J connectivity index is 2.13. The van der Waals surface area contributed by atoms with Crippen LogP contribution in [-0.2, 0) is 13.6 Å². The van der Waals surface area contributed by atoms with Crippen molar-refractivity contribution in [2.24, 2.45) is 12.8 Å². The van der Waals surface area contributed by atoms with Crippen LogP contribution >= 0.6 is 0 Å². The van der Waals surface area contributed by atoms with Crippen molar-refractivity contribution in [3.8, 4) is 11.4 Å². The van der Waals surface area contributed by atoms with Crippen molar-refractivity contribution < 1.29 is 4.52 Å². The first-order valence-corrected chi connectivity index (χ1v) is 5.36. The third kappa shape index (κ3) is 1.60. The van der Waals surface area contributed by atoms with E-state index in [0.29, 0.717) is 11.7 Å². The zero-order chi connectivity index (χ0) is 11.8. The van der Waals surface area contributed by atoms with Gasteiger partial charge in [-0.25, -0.2) is 0 Å². The molecular formula is C12H12N4O. The fourth-order valence-corrected chi connectivity index (χ4v) is 1.86. The number of nitrogens with zero attached hydrogens (tertiary/aromatic N) is 3. The maximum atomic E-state index is 5.44. The number of benzene rings is 1. The van der Waals surface area contributed by atoms with E-state index in [1.807, 2.05) is 31.4 Å². The van der Waals surface area contributed by atoms with Crippen molar-refractivity contribution in [3.63, 3.8) is 0 Å². The van der Waals surface area contributed by atoms with E-state index in [-0.39, 0.29) is 6.54 Å². The van der Waals surface area contributed by atoms with Gasteiger partial charge in [-0.1, -0.05) is 17.3 Å². The molecule has 0 saturated carbocycles. The first-order valence-electron chi connectivity index (χ1n) is 5.36. The first-order chi connectivity index (χ1) is 8.28. The SMILES string of the molecule is Cn1ccc2ccc(-c3noc(CN)n3)cc21. The number of fused-ring (bicyclic) bond motifs is 1. The van der Waals surface area contributed by atoms with E-state index in [1.54, 1.807) is 0 Å². The highest BCUT2D eigenvalue weighted by Gasteiger charge is 2.08. The van der Waals surface area contributed by atoms with E-state index in [9.17, 15) is 0 Å². The number of aromatic nitrogens is 3. The smallest absolute Gasteiger partial charge is 0.240 e. The van der Waals surface area contributed by atoms with Gasteiger partial charge in [0.1, 0.15) is 0 Å². The standard InChI is InChI=1S/C12H12N4O/c1-16-5-4-8-2-3-9(6-10(8)16)12-14-11(7-13)17-15-12/h2-6H,7,13H2,1H3. The largest absolute Gasteiger partial charge is 0.351 e. The van der Waals surface area contributed by atoms with E-state index in [2.05, 4.69) is 20.8 Å². The first kappa shape index (κ1) is 10.0. The van der Waals surface area contributed by atoms with Crippen molar-refractivity contribution in [1.82, 2.24) is 14.7 Å². The molecule has 5 nitrogen and oxygen atoms in total. The summed E-state index contributed by atoms with van der Waals surface area (Å²) in [6, 6.07) is 8.14. The normalized spacial score (nSPS) is 11.2. The third-order valence-corrected chi connectivity index (χ3v) is 2.79. The predicted octanol–water partition coefficient (Wildman–Crippen LogP) is 1.69. The van der Waals surface area contributed by atoms with Crippen LogP contribution in [0.3, 0.4) is 0 Å². The molecule has 2 aromatic heterocycles.